The van der Waals surface area contributed by atoms with Crippen molar-refractivity contribution < 1.29 is 32.2 Å². The van der Waals surface area contributed by atoms with Crippen LogP contribution < -0.4 is 9.47 Å². The van der Waals surface area contributed by atoms with Crippen molar-refractivity contribution >= 4 is 5.91 Å². The molecule has 26 heavy (non-hydrogen) atoms. The summed E-state index contributed by atoms with van der Waals surface area (Å²) >= 11 is 0. The van der Waals surface area contributed by atoms with E-state index in [2.05, 4.69) is 4.74 Å². The van der Waals surface area contributed by atoms with Crippen molar-refractivity contribution in [2.45, 2.75) is 26.7 Å². The molecule has 8 heteroatoms. The van der Waals surface area contributed by atoms with Crippen LogP contribution in [-0.2, 0) is 17.9 Å². The number of halogens is 2. The Hall–Kier alpha value is -2.61. The Morgan fingerprint density at radius 2 is 2.00 bits per heavy atom. The Morgan fingerprint density at radius 1 is 1.23 bits per heavy atom. The second kappa shape index (κ2) is 9.19. The SMILES string of the molecule is CCOc1cc(CN(C)C(=O)c2ccc(COC)o2)ccc1OC(F)F. The van der Waals surface area contributed by atoms with Crippen molar-refractivity contribution in [3.8, 4) is 11.5 Å². The summed E-state index contributed by atoms with van der Waals surface area (Å²) in [7, 11) is 3.15. The smallest absolute Gasteiger partial charge is 0.387 e. The summed E-state index contributed by atoms with van der Waals surface area (Å²) in [5, 5.41) is 0. The van der Waals surface area contributed by atoms with Gasteiger partial charge in [0.1, 0.15) is 12.4 Å². The van der Waals surface area contributed by atoms with Gasteiger partial charge in [-0.15, -0.1) is 0 Å². The van der Waals surface area contributed by atoms with E-state index in [1.54, 1.807) is 38.2 Å². The molecule has 2 rings (SSSR count). The number of benzene rings is 1. The largest absolute Gasteiger partial charge is 0.490 e. The minimum absolute atomic E-state index is 0.0465. The minimum atomic E-state index is -2.94. The van der Waals surface area contributed by atoms with Crippen molar-refractivity contribution in [1.29, 1.82) is 0 Å². The molecule has 6 nitrogen and oxygen atoms in total. The first-order chi connectivity index (χ1) is 12.4. The van der Waals surface area contributed by atoms with Crippen LogP contribution in [0.5, 0.6) is 11.5 Å². The summed E-state index contributed by atoms with van der Waals surface area (Å²) in [6, 6.07) is 7.83. The Morgan fingerprint density at radius 3 is 2.65 bits per heavy atom. The number of hydrogen-bond acceptors (Lipinski definition) is 5. The van der Waals surface area contributed by atoms with Gasteiger partial charge in [0.2, 0.25) is 0 Å². The number of carbonyl (C=O) groups excluding carboxylic acids is 1. The number of methoxy groups -OCH3 is 1. The lowest BCUT2D eigenvalue weighted by atomic mass is 10.2. The van der Waals surface area contributed by atoms with E-state index in [9.17, 15) is 13.6 Å². The summed E-state index contributed by atoms with van der Waals surface area (Å²) in [4.78, 5) is 13.9. The average Bonchev–Trinajstić information content (AvgIpc) is 3.05. The third kappa shape index (κ3) is 5.19. The average molecular weight is 369 g/mol. The standard InChI is InChI=1S/C18H21F2NO5/c1-4-24-16-9-12(5-7-14(16)26-18(19)20)10-21(2)17(22)15-8-6-13(25-15)11-23-3/h5-9,18H,4,10-11H2,1-3H3. The van der Waals surface area contributed by atoms with Gasteiger partial charge in [0.25, 0.3) is 5.91 Å². The number of ether oxygens (including phenoxy) is 3. The highest BCUT2D eigenvalue weighted by Crippen LogP contribution is 2.30. The van der Waals surface area contributed by atoms with Gasteiger partial charge in [-0.3, -0.25) is 4.79 Å². The predicted molar refractivity (Wildman–Crippen MR) is 89.5 cm³/mol. The molecule has 2 aromatic rings. The van der Waals surface area contributed by atoms with Crippen molar-refractivity contribution in [3.63, 3.8) is 0 Å². The van der Waals surface area contributed by atoms with Crippen LogP contribution in [0.3, 0.4) is 0 Å². The fraction of sp³-hybridized carbons (Fsp3) is 0.389. The van der Waals surface area contributed by atoms with Gasteiger partial charge >= 0.3 is 6.61 Å². The number of alkyl halides is 2. The minimum Gasteiger partial charge on any atom is -0.490 e. The lowest BCUT2D eigenvalue weighted by Crippen LogP contribution is -2.25. The molecule has 1 aromatic heterocycles. The van der Waals surface area contributed by atoms with E-state index in [-0.39, 0.29) is 36.3 Å². The second-order valence-electron chi connectivity index (χ2n) is 5.45. The monoisotopic (exact) mass is 369 g/mol. The van der Waals surface area contributed by atoms with E-state index in [1.165, 1.54) is 18.1 Å². The maximum Gasteiger partial charge on any atom is 0.387 e. The quantitative estimate of drug-likeness (QED) is 0.675. The second-order valence-corrected chi connectivity index (χ2v) is 5.45. The van der Waals surface area contributed by atoms with E-state index in [0.29, 0.717) is 17.9 Å². The van der Waals surface area contributed by atoms with Crippen LogP contribution in [0.15, 0.2) is 34.7 Å². The first-order valence-corrected chi connectivity index (χ1v) is 7.98. The zero-order valence-electron chi connectivity index (χ0n) is 14.8. The molecule has 0 aliphatic carbocycles. The maximum atomic E-state index is 12.5. The topological polar surface area (TPSA) is 61.1 Å². The summed E-state index contributed by atoms with van der Waals surface area (Å²) < 4.78 is 45.1. The normalized spacial score (nSPS) is 10.8. The van der Waals surface area contributed by atoms with Gasteiger partial charge in [0, 0.05) is 20.7 Å². The summed E-state index contributed by atoms with van der Waals surface area (Å²) in [5.74, 6) is 0.596. The van der Waals surface area contributed by atoms with Crippen molar-refractivity contribution in [3.05, 3.63) is 47.4 Å². The third-order valence-electron chi connectivity index (χ3n) is 3.45. The predicted octanol–water partition coefficient (Wildman–Crippen LogP) is 3.70. The van der Waals surface area contributed by atoms with Gasteiger partial charge in [-0.2, -0.15) is 8.78 Å². The molecule has 1 heterocycles. The first-order valence-electron chi connectivity index (χ1n) is 7.98. The lowest BCUT2D eigenvalue weighted by Gasteiger charge is -2.18. The summed E-state index contributed by atoms with van der Waals surface area (Å²) in [5.41, 5.74) is 0.703. The van der Waals surface area contributed by atoms with E-state index < -0.39 is 6.61 Å². The molecule has 0 N–H and O–H groups in total. The molecule has 0 atom stereocenters. The third-order valence-corrected chi connectivity index (χ3v) is 3.45. The van der Waals surface area contributed by atoms with Crippen molar-refractivity contribution in [1.82, 2.24) is 4.90 Å². The van der Waals surface area contributed by atoms with Crippen LogP contribution in [0.1, 0.15) is 28.8 Å². The molecule has 0 saturated carbocycles. The molecule has 1 amide bonds. The van der Waals surface area contributed by atoms with Gasteiger partial charge in [-0.05, 0) is 36.8 Å². The number of nitrogens with zero attached hydrogens (tertiary/aromatic N) is 1. The first kappa shape index (κ1) is 19.7. The summed E-state index contributed by atoms with van der Waals surface area (Å²) in [6.45, 7) is -0.381. The van der Waals surface area contributed by atoms with E-state index in [4.69, 9.17) is 13.9 Å². The van der Waals surface area contributed by atoms with Gasteiger partial charge in [0.15, 0.2) is 17.3 Å². The highest BCUT2D eigenvalue weighted by molar-refractivity contribution is 5.91. The number of hydrogen-bond donors (Lipinski definition) is 0. The number of carbonyl (C=O) groups is 1. The van der Waals surface area contributed by atoms with Crippen LogP contribution in [0.25, 0.3) is 0 Å². The van der Waals surface area contributed by atoms with Gasteiger partial charge < -0.3 is 23.5 Å². The van der Waals surface area contributed by atoms with Gasteiger partial charge in [0.05, 0.1) is 6.61 Å². The maximum absolute atomic E-state index is 12.5. The Labute approximate surface area is 150 Å². The molecule has 0 aliphatic heterocycles. The van der Waals surface area contributed by atoms with E-state index in [1.807, 2.05) is 0 Å². The Bertz CT molecular complexity index is 732. The van der Waals surface area contributed by atoms with Crippen molar-refractivity contribution in [2.75, 3.05) is 20.8 Å². The zero-order chi connectivity index (χ0) is 19.1. The fourth-order valence-corrected chi connectivity index (χ4v) is 2.36. The van der Waals surface area contributed by atoms with Crippen LogP contribution in [0.2, 0.25) is 0 Å². The molecule has 0 bridgehead atoms. The zero-order valence-corrected chi connectivity index (χ0v) is 14.8. The Kier molecular flexibility index (Phi) is 6.97. The molecular formula is C18H21F2NO5. The van der Waals surface area contributed by atoms with E-state index >= 15 is 0 Å². The Balaban J connectivity index is 2.10. The fourth-order valence-electron chi connectivity index (χ4n) is 2.36. The molecular weight excluding hydrogens is 348 g/mol. The molecule has 142 valence electrons. The molecule has 0 aliphatic rings. The lowest BCUT2D eigenvalue weighted by molar-refractivity contribution is -0.0514. The van der Waals surface area contributed by atoms with Gasteiger partial charge in [-0.1, -0.05) is 6.07 Å². The number of rotatable bonds is 9. The molecule has 0 saturated heterocycles. The molecule has 0 spiro atoms. The molecule has 0 radical (unpaired) electrons. The molecule has 1 aromatic carbocycles. The molecule has 0 fully saturated rings. The highest BCUT2D eigenvalue weighted by atomic mass is 19.3. The van der Waals surface area contributed by atoms with Crippen molar-refractivity contribution in [2.24, 2.45) is 0 Å². The van der Waals surface area contributed by atoms with Gasteiger partial charge in [-0.25, -0.2) is 0 Å². The van der Waals surface area contributed by atoms with Crippen LogP contribution in [-0.4, -0.2) is 38.2 Å². The number of furan rings is 1. The van der Waals surface area contributed by atoms with Crippen LogP contribution in [0, 0.1) is 0 Å². The summed E-state index contributed by atoms with van der Waals surface area (Å²) in [6.07, 6.45) is 0. The van der Waals surface area contributed by atoms with Crippen LogP contribution in [0.4, 0.5) is 8.78 Å². The van der Waals surface area contributed by atoms with Crippen LogP contribution >= 0.6 is 0 Å². The highest BCUT2D eigenvalue weighted by Gasteiger charge is 2.18. The van der Waals surface area contributed by atoms with E-state index in [0.717, 1.165) is 0 Å². The number of amides is 1. The molecule has 0 unspecified atom stereocenters.